The molecule has 0 saturated carbocycles. The molecule has 6 nitrogen and oxygen atoms in total. The van der Waals surface area contributed by atoms with Crippen molar-refractivity contribution in [1.82, 2.24) is 15.4 Å². The van der Waals surface area contributed by atoms with E-state index in [9.17, 15) is 4.79 Å². The predicted octanol–water partition coefficient (Wildman–Crippen LogP) is 1.16. The number of piperidine rings is 1. The van der Waals surface area contributed by atoms with E-state index in [0.717, 1.165) is 25.9 Å². The Labute approximate surface area is 119 Å². The Morgan fingerprint density at radius 2 is 2.45 bits per heavy atom. The van der Waals surface area contributed by atoms with Crippen molar-refractivity contribution in [2.75, 3.05) is 20.1 Å². The number of nitrogens with zero attached hydrogens (tertiary/aromatic N) is 2. The number of aryl methyl sites for hydroxylation is 1. The summed E-state index contributed by atoms with van der Waals surface area (Å²) in [5.41, 5.74) is 0. The van der Waals surface area contributed by atoms with E-state index in [1.165, 1.54) is 6.07 Å². The molecule has 1 aliphatic heterocycles. The minimum Gasteiger partial charge on any atom is -0.491 e. The number of carbonyl (C=O) groups is 1. The van der Waals surface area contributed by atoms with Crippen LogP contribution < -0.4 is 5.32 Å². The Hall–Kier alpha value is -1.56. The zero-order chi connectivity index (χ0) is 14.5. The Morgan fingerprint density at radius 3 is 3.10 bits per heavy atom. The number of hydrogen-bond donors (Lipinski definition) is 2. The molecule has 1 aromatic heterocycles. The van der Waals surface area contributed by atoms with Crippen LogP contribution in [0.3, 0.4) is 0 Å². The molecule has 1 amide bonds. The maximum atomic E-state index is 11.8. The van der Waals surface area contributed by atoms with Gasteiger partial charge in [0.25, 0.3) is 5.88 Å². The van der Waals surface area contributed by atoms with Gasteiger partial charge >= 0.3 is 0 Å². The van der Waals surface area contributed by atoms with Crippen molar-refractivity contribution in [1.29, 1.82) is 0 Å². The average molecular weight is 281 g/mol. The van der Waals surface area contributed by atoms with Gasteiger partial charge in [-0.1, -0.05) is 0 Å². The number of nitrogens with one attached hydrogen (secondary N) is 1. The zero-order valence-electron chi connectivity index (χ0n) is 12.1. The minimum absolute atomic E-state index is 0.0208. The number of aromatic hydroxyl groups is 1. The highest BCUT2D eigenvalue weighted by Gasteiger charge is 2.22. The summed E-state index contributed by atoms with van der Waals surface area (Å²) in [6.07, 6.45) is 3.09. The molecule has 20 heavy (non-hydrogen) atoms. The number of likely N-dealkylation sites (tertiary alicyclic amines) is 1. The number of carbonyl (C=O) groups excluding carboxylic acids is 1. The fourth-order valence-corrected chi connectivity index (χ4v) is 2.58. The van der Waals surface area contributed by atoms with Gasteiger partial charge in [-0.25, -0.2) is 0 Å². The molecule has 0 aliphatic carbocycles. The molecular weight excluding hydrogens is 258 g/mol. The quantitative estimate of drug-likeness (QED) is 0.846. The maximum absolute atomic E-state index is 11.8. The third kappa shape index (κ3) is 4.23. The standard InChI is InChI=1S/C14H23N3O3/c1-10-7-11(5-6-17(10)2)9-15-13(18)4-3-12-8-14(19)16-20-12/h8,10-11H,3-7,9H2,1-2H3,(H,15,18)(H,16,19). The number of hydrogen-bond acceptors (Lipinski definition) is 5. The zero-order valence-corrected chi connectivity index (χ0v) is 12.1. The van der Waals surface area contributed by atoms with Crippen LogP contribution in [-0.4, -0.2) is 47.2 Å². The second-order valence-corrected chi connectivity index (χ2v) is 5.68. The molecule has 0 spiro atoms. The van der Waals surface area contributed by atoms with Crippen molar-refractivity contribution in [2.45, 2.75) is 38.6 Å². The lowest BCUT2D eigenvalue weighted by molar-refractivity contribution is -0.121. The van der Waals surface area contributed by atoms with E-state index in [4.69, 9.17) is 9.63 Å². The highest BCUT2D eigenvalue weighted by molar-refractivity contribution is 5.76. The van der Waals surface area contributed by atoms with Crippen molar-refractivity contribution < 1.29 is 14.4 Å². The first kappa shape index (κ1) is 14.8. The number of aromatic nitrogens is 1. The van der Waals surface area contributed by atoms with Gasteiger partial charge in [0.05, 0.1) is 0 Å². The molecular formula is C14H23N3O3. The van der Waals surface area contributed by atoms with Crippen LogP contribution in [0.5, 0.6) is 5.88 Å². The summed E-state index contributed by atoms with van der Waals surface area (Å²) in [7, 11) is 2.15. The highest BCUT2D eigenvalue weighted by Crippen LogP contribution is 2.20. The fourth-order valence-electron chi connectivity index (χ4n) is 2.58. The SMILES string of the molecule is CC1CC(CNC(=O)CCc2cc(O)no2)CCN1C. The first-order valence-corrected chi connectivity index (χ1v) is 7.16. The van der Waals surface area contributed by atoms with Gasteiger partial charge in [0.1, 0.15) is 5.76 Å². The smallest absolute Gasteiger partial charge is 0.251 e. The lowest BCUT2D eigenvalue weighted by atomic mass is 9.92. The maximum Gasteiger partial charge on any atom is 0.251 e. The number of rotatable bonds is 5. The van der Waals surface area contributed by atoms with Gasteiger partial charge < -0.3 is 19.8 Å². The predicted molar refractivity (Wildman–Crippen MR) is 74.3 cm³/mol. The molecule has 0 aromatic carbocycles. The van der Waals surface area contributed by atoms with Crippen LogP contribution in [0.25, 0.3) is 0 Å². The highest BCUT2D eigenvalue weighted by atomic mass is 16.5. The van der Waals surface area contributed by atoms with Crippen molar-refractivity contribution in [2.24, 2.45) is 5.92 Å². The van der Waals surface area contributed by atoms with E-state index in [-0.39, 0.29) is 11.8 Å². The van der Waals surface area contributed by atoms with Crippen LogP contribution in [0, 0.1) is 5.92 Å². The van der Waals surface area contributed by atoms with Crippen molar-refractivity contribution in [3.63, 3.8) is 0 Å². The summed E-state index contributed by atoms with van der Waals surface area (Å²) < 4.78 is 4.85. The second-order valence-electron chi connectivity index (χ2n) is 5.68. The lowest BCUT2D eigenvalue weighted by Gasteiger charge is -2.35. The molecule has 1 saturated heterocycles. The van der Waals surface area contributed by atoms with E-state index < -0.39 is 0 Å². The van der Waals surface area contributed by atoms with E-state index in [1.807, 2.05) is 0 Å². The molecule has 2 N–H and O–H groups in total. The molecule has 2 unspecified atom stereocenters. The summed E-state index contributed by atoms with van der Waals surface area (Å²) >= 11 is 0. The van der Waals surface area contributed by atoms with E-state index >= 15 is 0 Å². The Balaban J connectivity index is 1.65. The molecule has 1 fully saturated rings. The Bertz CT molecular complexity index is 447. The van der Waals surface area contributed by atoms with Gasteiger partial charge in [-0.2, -0.15) is 0 Å². The normalized spacial score (nSPS) is 23.7. The van der Waals surface area contributed by atoms with Crippen LogP contribution in [-0.2, 0) is 11.2 Å². The Kier molecular flexibility index (Phi) is 5.00. The lowest BCUT2D eigenvalue weighted by Crippen LogP contribution is -2.41. The molecule has 0 radical (unpaired) electrons. The summed E-state index contributed by atoms with van der Waals surface area (Å²) in [4.78, 5) is 14.1. The average Bonchev–Trinajstić information content (AvgIpc) is 2.83. The molecule has 1 aromatic rings. The second kappa shape index (κ2) is 6.74. The summed E-state index contributed by atoms with van der Waals surface area (Å²) in [5, 5.41) is 15.4. The third-order valence-corrected chi connectivity index (χ3v) is 4.05. The monoisotopic (exact) mass is 281 g/mol. The first-order chi connectivity index (χ1) is 9.54. The molecule has 112 valence electrons. The summed E-state index contributed by atoms with van der Waals surface area (Å²) in [6, 6.07) is 2.02. The van der Waals surface area contributed by atoms with Crippen LogP contribution in [0.2, 0.25) is 0 Å². The molecule has 6 heteroatoms. The van der Waals surface area contributed by atoms with Gasteiger partial charge in [0.2, 0.25) is 5.91 Å². The van der Waals surface area contributed by atoms with E-state index in [2.05, 4.69) is 29.3 Å². The molecule has 2 rings (SSSR count). The third-order valence-electron chi connectivity index (χ3n) is 4.05. The van der Waals surface area contributed by atoms with Crippen LogP contribution in [0.1, 0.15) is 31.9 Å². The van der Waals surface area contributed by atoms with E-state index in [1.54, 1.807) is 0 Å². The van der Waals surface area contributed by atoms with Crippen LogP contribution >= 0.6 is 0 Å². The molecule has 0 bridgehead atoms. The number of amides is 1. The van der Waals surface area contributed by atoms with Crippen molar-refractivity contribution >= 4 is 5.91 Å². The minimum atomic E-state index is -0.138. The summed E-state index contributed by atoms with van der Waals surface area (Å²) in [5.74, 6) is 0.984. The van der Waals surface area contributed by atoms with Gasteiger partial charge in [-0.15, -0.1) is 0 Å². The Morgan fingerprint density at radius 1 is 1.65 bits per heavy atom. The fraction of sp³-hybridized carbons (Fsp3) is 0.714. The van der Waals surface area contributed by atoms with Crippen LogP contribution in [0.4, 0.5) is 0 Å². The molecule has 1 aliphatic rings. The van der Waals surface area contributed by atoms with Crippen LogP contribution in [0.15, 0.2) is 10.6 Å². The molecule has 2 heterocycles. The summed E-state index contributed by atoms with van der Waals surface area (Å²) in [6.45, 7) is 4.07. The van der Waals surface area contributed by atoms with Crippen molar-refractivity contribution in [3.8, 4) is 5.88 Å². The van der Waals surface area contributed by atoms with Gasteiger partial charge in [-0.3, -0.25) is 4.79 Å². The van der Waals surface area contributed by atoms with Crippen molar-refractivity contribution in [3.05, 3.63) is 11.8 Å². The van der Waals surface area contributed by atoms with Gasteiger partial charge in [0.15, 0.2) is 0 Å². The largest absolute Gasteiger partial charge is 0.491 e. The van der Waals surface area contributed by atoms with E-state index in [0.29, 0.717) is 30.6 Å². The van der Waals surface area contributed by atoms with Gasteiger partial charge in [0, 0.05) is 31.5 Å². The first-order valence-electron chi connectivity index (χ1n) is 7.16. The topological polar surface area (TPSA) is 78.6 Å². The molecule has 2 atom stereocenters. The van der Waals surface area contributed by atoms with Gasteiger partial charge in [-0.05, 0) is 44.4 Å².